The van der Waals surface area contributed by atoms with Crippen molar-refractivity contribution in [1.29, 1.82) is 0 Å². The van der Waals surface area contributed by atoms with E-state index in [0.29, 0.717) is 5.71 Å². The Morgan fingerprint density at radius 2 is 1.92 bits per heavy atom. The molecule has 0 radical (unpaired) electrons. The molecule has 0 saturated heterocycles. The van der Waals surface area contributed by atoms with Crippen LogP contribution in [0, 0.1) is 0 Å². The summed E-state index contributed by atoms with van der Waals surface area (Å²) < 4.78 is 5.97. The summed E-state index contributed by atoms with van der Waals surface area (Å²) in [7, 11) is 0. The standard InChI is InChI=1S/C20H19BN4O/c1-15-23(16-7-4-3-5-8-16)11-12-24(15)25-14-19-18(13-21(25)2)17-9-6-10-22-20(17)26-19/h3-15H,1-2H3/t15-/m0/s1. The monoisotopic (exact) mass is 342 g/mol. The van der Waals surface area contributed by atoms with Crippen LogP contribution in [0.25, 0.3) is 23.3 Å². The number of hydrazine groups is 1. The Kier molecular flexibility index (Phi) is 3.32. The quantitative estimate of drug-likeness (QED) is 0.669. The molecule has 128 valence electrons. The molecule has 2 aliphatic heterocycles. The van der Waals surface area contributed by atoms with E-state index in [1.807, 2.05) is 12.1 Å². The van der Waals surface area contributed by atoms with Crippen molar-refractivity contribution in [1.82, 2.24) is 14.9 Å². The maximum Gasteiger partial charge on any atom is 0.304 e. The van der Waals surface area contributed by atoms with Gasteiger partial charge >= 0.3 is 6.85 Å². The third-order valence-corrected chi connectivity index (χ3v) is 5.09. The third kappa shape index (κ3) is 2.22. The van der Waals surface area contributed by atoms with Gasteiger partial charge in [-0.25, -0.2) is 4.98 Å². The zero-order valence-electron chi connectivity index (χ0n) is 14.8. The number of aromatic nitrogens is 1. The predicted octanol–water partition coefficient (Wildman–Crippen LogP) is 2.38. The number of rotatable bonds is 2. The SMILES string of the molecule is CB1C=c2c(oc3ncccc23)=CN1N1C=CN(c2ccccc2)[C@@H]1C. The van der Waals surface area contributed by atoms with Crippen molar-refractivity contribution in [2.75, 3.05) is 4.90 Å². The molecule has 0 saturated carbocycles. The van der Waals surface area contributed by atoms with Crippen LogP contribution in [0.2, 0.25) is 6.82 Å². The van der Waals surface area contributed by atoms with Gasteiger partial charge in [0, 0.05) is 34.9 Å². The highest BCUT2D eigenvalue weighted by Crippen LogP contribution is 2.26. The van der Waals surface area contributed by atoms with E-state index in [0.717, 1.165) is 16.0 Å². The van der Waals surface area contributed by atoms with Crippen LogP contribution in [-0.4, -0.2) is 27.9 Å². The van der Waals surface area contributed by atoms with E-state index in [4.69, 9.17) is 4.42 Å². The predicted molar refractivity (Wildman–Crippen MR) is 105 cm³/mol. The van der Waals surface area contributed by atoms with Gasteiger partial charge < -0.3 is 14.2 Å². The lowest BCUT2D eigenvalue weighted by molar-refractivity contribution is 0.151. The molecule has 26 heavy (non-hydrogen) atoms. The van der Waals surface area contributed by atoms with Gasteiger partial charge in [0.15, 0.2) is 5.42 Å². The van der Waals surface area contributed by atoms with Crippen LogP contribution >= 0.6 is 0 Å². The smallest absolute Gasteiger partial charge is 0.304 e. The molecule has 3 aromatic rings. The lowest BCUT2D eigenvalue weighted by atomic mass is 9.63. The van der Waals surface area contributed by atoms with E-state index in [1.165, 1.54) is 5.69 Å². The fraction of sp³-hybridized carbons (Fsp3) is 0.150. The van der Waals surface area contributed by atoms with E-state index in [-0.39, 0.29) is 13.0 Å². The molecule has 0 bridgehead atoms. The Bertz CT molecular complexity index is 1110. The number of fused-ring (bicyclic) bond motifs is 3. The largest absolute Gasteiger partial charge is 0.436 e. The minimum atomic E-state index is 0.175. The minimum Gasteiger partial charge on any atom is -0.436 e. The first-order valence-corrected chi connectivity index (χ1v) is 8.88. The van der Waals surface area contributed by atoms with Gasteiger partial charge in [-0.15, -0.1) is 0 Å². The highest BCUT2D eigenvalue weighted by molar-refractivity contribution is 6.70. The van der Waals surface area contributed by atoms with Gasteiger partial charge in [-0.1, -0.05) is 31.0 Å². The topological polar surface area (TPSA) is 35.8 Å². The van der Waals surface area contributed by atoms with Crippen LogP contribution < -0.4 is 15.5 Å². The number of nitrogens with zero attached hydrogens (tertiary/aromatic N) is 4. The van der Waals surface area contributed by atoms with Gasteiger partial charge in [0.2, 0.25) is 5.71 Å². The van der Waals surface area contributed by atoms with Crippen LogP contribution in [0.3, 0.4) is 0 Å². The molecule has 0 N–H and O–H groups in total. The summed E-state index contributed by atoms with van der Waals surface area (Å²) in [4.78, 5) is 8.82. The third-order valence-electron chi connectivity index (χ3n) is 5.09. The maximum atomic E-state index is 5.97. The first-order valence-electron chi connectivity index (χ1n) is 8.88. The van der Waals surface area contributed by atoms with Gasteiger partial charge in [0.1, 0.15) is 6.17 Å². The zero-order valence-corrected chi connectivity index (χ0v) is 14.8. The number of hydrogen-bond acceptors (Lipinski definition) is 5. The second kappa shape index (κ2) is 5.69. The van der Waals surface area contributed by atoms with Gasteiger partial charge in [0.05, 0.1) is 6.20 Å². The fourth-order valence-electron chi connectivity index (χ4n) is 3.76. The molecule has 2 aromatic heterocycles. The molecule has 0 amide bonds. The molecule has 4 heterocycles. The molecular weight excluding hydrogens is 323 g/mol. The maximum absolute atomic E-state index is 5.97. The van der Waals surface area contributed by atoms with Crippen LogP contribution in [0.4, 0.5) is 5.69 Å². The van der Waals surface area contributed by atoms with E-state index < -0.39 is 0 Å². The first-order chi connectivity index (χ1) is 12.7. The van der Waals surface area contributed by atoms with E-state index in [9.17, 15) is 0 Å². The Morgan fingerprint density at radius 1 is 1.08 bits per heavy atom. The van der Waals surface area contributed by atoms with Crippen molar-refractivity contribution in [2.24, 2.45) is 0 Å². The van der Waals surface area contributed by atoms with Crippen molar-refractivity contribution in [3.8, 4) is 0 Å². The average molecular weight is 342 g/mol. The van der Waals surface area contributed by atoms with Crippen molar-refractivity contribution >= 4 is 35.8 Å². The normalized spacial score (nSPS) is 18.9. The molecule has 0 fully saturated rings. The Hall–Kier alpha value is -3.15. The molecular formula is C20H19BN4O. The van der Waals surface area contributed by atoms with Crippen LogP contribution in [0.1, 0.15) is 6.92 Å². The molecule has 5 nitrogen and oxygen atoms in total. The molecule has 0 spiro atoms. The highest BCUT2D eigenvalue weighted by Gasteiger charge is 2.31. The van der Waals surface area contributed by atoms with E-state index in [1.54, 1.807) is 6.20 Å². The van der Waals surface area contributed by atoms with Crippen molar-refractivity contribution in [3.63, 3.8) is 0 Å². The van der Waals surface area contributed by atoms with Gasteiger partial charge in [-0.05, 0) is 31.2 Å². The van der Waals surface area contributed by atoms with Gasteiger partial charge in [-0.3, -0.25) is 5.01 Å². The summed E-state index contributed by atoms with van der Waals surface area (Å²) in [6, 6.07) is 14.4. The summed E-state index contributed by atoms with van der Waals surface area (Å²) in [6.07, 6.45) is 8.26. The number of para-hydroxylation sites is 1. The lowest BCUT2D eigenvalue weighted by Crippen LogP contribution is -2.53. The summed E-state index contributed by atoms with van der Waals surface area (Å²) in [5.41, 5.74) is 2.73. The number of furan rings is 1. The van der Waals surface area contributed by atoms with Crippen LogP contribution in [0.15, 0.2) is 65.5 Å². The summed E-state index contributed by atoms with van der Waals surface area (Å²) in [5.74, 6) is 2.24. The lowest BCUT2D eigenvalue weighted by Gasteiger charge is -2.39. The van der Waals surface area contributed by atoms with Crippen LogP contribution in [-0.2, 0) is 0 Å². The first kappa shape index (κ1) is 15.1. The number of benzene rings is 1. The van der Waals surface area contributed by atoms with Crippen molar-refractivity contribution in [2.45, 2.75) is 19.9 Å². The molecule has 0 aliphatic carbocycles. The van der Waals surface area contributed by atoms with Crippen molar-refractivity contribution in [3.05, 3.63) is 71.7 Å². The summed E-state index contributed by atoms with van der Waals surface area (Å²) >= 11 is 0. The second-order valence-electron chi connectivity index (χ2n) is 6.71. The molecule has 0 unspecified atom stereocenters. The summed E-state index contributed by atoms with van der Waals surface area (Å²) in [5, 5.41) is 4.44. The van der Waals surface area contributed by atoms with E-state index in [2.05, 4.69) is 88.5 Å². The Balaban J connectivity index is 1.52. The molecule has 1 aromatic carbocycles. The number of pyridine rings is 1. The zero-order chi connectivity index (χ0) is 17.7. The molecule has 5 rings (SSSR count). The number of anilines is 1. The molecule has 6 heteroatoms. The average Bonchev–Trinajstić information content (AvgIpc) is 3.22. The van der Waals surface area contributed by atoms with Crippen LogP contribution in [0.5, 0.6) is 0 Å². The Morgan fingerprint density at radius 3 is 2.77 bits per heavy atom. The second-order valence-corrected chi connectivity index (χ2v) is 6.71. The molecule has 1 atom stereocenters. The Labute approximate surface area is 152 Å². The summed E-state index contributed by atoms with van der Waals surface area (Å²) in [6.45, 7) is 4.61. The fourth-order valence-corrected chi connectivity index (χ4v) is 3.76. The highest BCUT2D eigenvalue weighted by atomic mass is 16.3. The van der Waals surface area contributed by atoms with Gasteiger partial charge in [0.25, 0.3) is 0 Å². The minimum absolute atomic E-state index is 0.175. The van der Waals surface area contributed by atoms with Gasteiger partial charge in [-0.2, -0.15) is 0 Å². The van der Waals surface area contributed by atoms with Crippen molar-refractivity contribution < 1.29 is 4.42 Å². The molecule has 2 aliphatic rings. The number of hydrogen-bond donors (Lipinski definition) is 0. The van der Waals surface area contributed by atoms with E-state index >= 15 is 0 Å².